The molecule has 0 amide bonds. The number of phenols is 1. The van der Waals surface area contributed by atoms with Crippen molar-refractivity contribution in [1.82, 2.24) is 10.1 Å². The van der Waals surface area contributed by atoms with E-state index in [9.17, 15) is 14.7 Å². The molecule has 0 bridgehead atoms. The van der Waals surface area contributed by atoms with E-state index >= 15 is 0 Å². The van der Waals surface area contributed by atoms with Crippen molar-refractivity contribution in [2.24, 2.45) is 0 Å². The normalized spacial score (nSPS) is 12.0. The second-order valence-corrected chi connectivity index (χ2v) is 9.59. The van der Waals surface area contributed by atoms with E-state index in [1.165, 1.54) is 0 Å². The van der Waals surface area contributed by atoms with Gasteiger partial charge in [-0.15, -0.1) is 0 Å². The van der Waals surface area contributed by atoms with Gasteiger partial charge < -0.3 is 19.0 Å². The van der Waals surface area contributed by atoms with Gasteiger partial charge >= 0.3 is 0 Å². The van der Waals surface area contributed by atoms with Crippen molar-refractivity contribution in [3.63, 3.8) is 0 Å². The first kappa shape index (κ1) is 21.7. The summed E-state index contributed by atoms with van der Waals surface area (Å²) < 4.78 is 11.1. The van der Waals surface area contributed by atoms with Gasteiger partial charge in [-0.2, -0.15) is 0 Å². The molecule has 0 fully saturated rings. The lowest BCUT2D eigenvalue weighted by molar-refractivity contribution is -0.117. The van der Waals surface area contributed by atoms with Crippen molar-refractivity contribution in [1.29, 1.82) is 0 Å². The minimum atomic E-state index is -0.287. The average molecular weight is 456 g/mol. The minimum Gasteiger partial charge on any atom is -0.508 e. The highest BCUT2D eigenvalue weighted by Crippen LogP contribution is 2.26. The molecule has 0 aliphatic rings. The van der Waals surface area contributed by atoms with Gasteiger partial charge in [-0.1, -0.05) is 32.0 Å². The molecule has 5 aromatic rings. The van der Waals surface area contributed by atoms with Crippen LogP contribution in [0.3, 0.4) is 0 Å². The quantitative estimate of drug-likeness (QED) is 0.327. The molecule has 0 unspecified atom stereocenters. The number of hydrogen-bond donors (Lipinski definition) is 2. The van der Waals surface area contributed by atoms with Crippen molar-refractivity contribution in [2.75, 3.05) is 0 Å². The maximum absolute atomic E-state index is 13.0. The molecule has 3 aromatic heterocycles. The van der Waals surface area contributed by atoms with Gasteiger partial charge in [0.25, 0.3) is 0 Å². The molecule has 5 rings (SSSR count). The largest absolute Gasteiger partial charge is 0.508 e. The molecule has 7 nitrogen and oxygen atoms in total. The monoisotopic (exact) mass is 456 g/mol. The number of aromatic hydroxyl groups is 1. The first-order valence-electron chi connectivity index (χ1n) is 11.0. The number of carbonyl (C=O) groups is 2. The Morgan fingerprint density at radius 3 is 2.56 bits per heavy atom. The topological polar surface area (TPSA) is 109 Å². The number of benzene rings is 2. The van der Waals surface area contributed by atoms with Gasteiger partial charge in [0.05, 0.1) is 17.8 Å². The highest BCUT2D eigenvalue weighted by Gasteiger charge is 2.21. The Labute approximate surface area is 195 Å². The third-order valence-corrected chi connectivity index (χ3v) is 5.73. The molecule has 0 saturated heterocycles. The molecule has 2 aromatic carbocycles. The molecule has 172 valence electrons. The van der Waals surface area contributed by atoms with E-state index in [1.54, 1.807) is 36.4 Å². The second kappa shape index (κ2) is 8.02. The first-order chi connectivity index (χ1) is 16.2. The summed E-state index contributed by atoms with van der Waals surface area (Å²) in [5.74, 6) is 0.819. The number of rotatable bonds is 6. The van der Waals surface area contributed by atoms with Crippen molar-refractivity contribution < 1.29 is 23.6 Å². The van der Waals surface area contributed by atoms with Crippen LogP contribution < -0.4 is 0 Å². The number of carbonyl (C=O) groups excluding carboxylic acids is 2. The van der Waals surface area contributed by atoms with Crippen LogP contribution in [0.1, 0.15) is 54.0 Å². The third-order valence-electron chi connectivity index (χ3n) is 5.73. The maximum Gasteiger partial charge on any atom is 0.244 e. The highest BCUT2D eigenvalue weighted by atomic mass is 16.5. The Morgan fingerprint density at radius 2 is 1.79 bits per heavy atom. The number of aromatic nitrogens is 2. The van der Waals surface area contributed by atoms with E-state index < -0.39 is 0 Å². The van der Waals surface area contributed by atoms with Crippen LogP contribution in [-0.2, 0) is 23.1 Å². The fourth-order valence-corrected chi connectivity index (χ4v) is 3.93. The molecule has 0 saturated carbocycles. The number of Topliss-reactive ketones (excluding diaryl/α,β-unsaturated/α-hetero) is 1. The Bertz CT molecular complexity index is 1540. The fraction of sp³-hybridized carbons (Fsp3) is 0.222. The van der Waals surface area contributed by atoms with Gasteiger partial charge in [-0.3, -0.25) is 9.59 Å². The zero-order valence-corrected chi connectivity index (χ0v) is 19.1. The van der Waals surface area contributed by atoms with Gasteiger partial charge in [0.15, 0.2) is 5.76 Å². The zero-order chi connectivity index (χ0) is 24.0. The SMILES string of the molecule is CC(C)(C)c1cc(CC(=O)Cc2ccc3oc(C(=O)c4cc5cc(O)ccc5[nH]4)cc3c2)no1. The summed E-state index contributed by atoms with van der Waals surface area (Å²) in [6, 6.07) is 15.5. The summed E-state index contributed by atoms with van der Waals surface area (Å²) in [5.41, 5.74) is 2.98. The van der Waals surface area contributed by atoms with Crippen LogP contribution in [0.4, 0.5) is 0 Å². The summed E-state index contributed by atoms with van der Waals surface area (Å²) in [6.07, 6.45) is 0.441. The van der Waals surface area contributed by atoms with Crippen LogP contribution >= 0.6 is 0 Å². The molecule has 7 heteroatoms. The molecular formula is C27H24N2O5. The van der Waals surface area contributed by atoms with Gasteiger partial charge in [0, 0.05) is 34.2 Å². The number of ketones is 2. The standard InChI is InChI=1S/C27H24N2O5/c1-27(2,3)25-14-18(29-34-25)13-20(31)9-15-4-7-23-17(8-15)12-24(33-23)26(32)22-11-16-10-19(30)5-6-21(16)28-22/h4-8,10-12,14,28,30H,9,13H2,1-3H3. The number of phenolic OH excluding ortho intramolecular Hbond substituents is 1. The molecule has 3 heterocycles. The number of aromatic amines is 1. The molecule has 0 aliphatic heterocycles. The lowest BCUT2D eigenvalue weighted by Crippen LogP contribution is -2.09. The molecule has 34 heavy (non-hydrogen) atoms. The van der Waals surface area contributed by atoms with Crippen molar-refractivity contribution in [3.8, 4) is 5.75 Å². The Kier molecular flexibility index (Phi) is 5.12. The molecule has 0 radical (unpaired) electrons. The van der Waals surface area contributed by atoms with Crippen LogP contribution in [0.25, 0.3) is 21.9 Å². The third kappa shape index (κ3) is 4.24. The van der Waals surface area contributed by atoms with Crippen molar-refractivity contribution in [2.45, 2.75) is 39.0 Å². The van der Waals surface area contributed by atoms with Crippen LogP contribution in [0.15, 0.2) is 63.5 Å². The van der Waals surface area contributed by atoms with E-state index in [0.29, 0.717) is 17.0 Å². The lowest BCUT2D eigenvalue weighted by atomic mass is 9.93. The number of H-pyrrole nitrogens is 1. The zero-order valence-electron chi connectivity index (χ0n) is 19.1. The van der Waals surface area contributed by atoms with Crippen molar-refractivity contribution in [3.05, 3.63) is 83.1 Å². The number of nitrogens with zero attached hydrogens (tertiary/aromatic N) is 1. The van der Waals surface area contributed by atoms with Crippen LogP contribution in [0, 0.1) is 0 Å². The molecule has 0 aliphatic carbocycles. The summed E-state index contributed by atoms with van der Waals surface area (Å²) in [7, 11) is 0. The smallest absolute Gasteiger partial charge is 0.244 e. The summed E-state index contributed by atoms with van der Waals surface area (Å²) in [6.45, 7) is 6.09. The molecule has 0 atom stereocenters. The second-order valence-electron chi connectivity index (χ2n) is 9.59. The Morgan fingerprint density at radius 1 is 0.971 bits per heavy atom. The number of fused-ring (bicyclic) bond motifs is 2. The maximum atomic E-state index is 13.0. The Hall–Kier alpha value is -4.13. The van der Waals surface area contributed by atoms with Crippen molar-refractivity contribution >= 4 is 33.4 Å². The molecular weight excluding hydrogens is 432 g/mol. The summed E-state index contributed by atoms with van der Waals surface area (Å²) in [5, 5.41) is 15.2. The van der Waals surface area contributed by atoms with Gasteiger partial charge in [-0.25, -0.2) is 0 Å². The van der Waals surface area contributed by atoms with E-state index in [2.05, 4.69) is 10.1 Å². The van der Waals surface area contributed by atoms with E-state index in [1.807, 2.05) is 39.0 Å². The number of furan rings is 1. The average Bonchev–Trinajstić information content (AvgIpc) is 3.49. The number of nitrogens with one attached hydrogen (secondary N) is 1. The molecule has 2 N–H and O–H groups in total. The number of hydrogen-bond acceptors (Lipinski definition) is 6. The minimum absolute atomic E-state index is 0.0224. The molecule has 0 spiro atoms. The van der Waals surface area contributed by atoms with E-state index in [0.717, 1.165) is 27.6 Å². The first-order valence-corrected chi connectivity index (χ1v) is 11.0. The van der Waals surface area contributed by atoms with Crippen LogP contribution in [0.5, 0.6) is 5.75 Å². The summed E-state index contributed by atoms with van der Waals surface area (Å²) in [4.78, 5) is 28.6. The van der Waals surface area contributed by atoms with Gasteiger partial charge in [0.1, 0.15) is 22.9 Å². The van der Waals surface area contributed by atoms with Gasteiger partial charge in [0.2, 0.25) is 5.78 Å². The highest BCUT2D eigenvalue weighted by molar-refractivity contribution is 6.10. The van der Waals surface area contributed by atoms with E-state index in [4.69, 9.17) is 8.94 Å². The van der Waals surface area contributed by atoms with Gasteiger partial charge in [-0.05, 0) is 48.0 Å². The van der Waals surface area contributed by atoms with Crippen LogP contribution in [-0.4, -0.2) is 26.8 Å². The summed E-state index contributed by atoms with van der Waals surface area (Å²) >= 11 is 0. The predicted molar refractivity (Wildman–Crippen MR) is 127 cm³/mol. The van der Waals surface area contributed by atoms with E-state index in [-0.39, 0.29) is 41.3 Å². The fourth-order valence-electron chi connectivity index (χ4n) is 3.93. The lowest BCUT2D eigenvalue weighted by Gasteiger charge is -2.12. The van der Waals surface area contributed by atoms with Crippen LogP contribution in [0.2, 0.25) is 0 Å². The predicted octanol–water partition coefficient (Wildman–Crippen LogP) is 5.49. The Balaban J connectivity index is 1.32.